The van der Waals surface area contributed by atoms with Gasteiger partial charge in [0.2, 0.25) is 0 Å². The second-order valence-corrected chi connectivity index (χ2v) is 10.5. The highest BCUT2D eigenvalue weighted by molar-refractivity contribution is 5.99. The number of likely N-dealkylation sites (tertiary alicyclic amines) is 2. The Bertz CT molecular complexity index is 1370. The van der Waals surface area contributed by atoms with Gasteiger partial charge in [0.05, 0.1) is 6.61 Å². The minimum atomic E-state index is -0.776. The molecule has 0 bridgehead atoms. The highest BCUT2D eigenvalue weighted by atomic mass is 16.6. The normalized spacial score (nSPS) is 15.9. The van der Waals surface area contributed by atoms with Crippen LogP contribution in [0.4, 0.5) is 9.59 Å². The summed E-state index contributed by atoms with van der Waals surface area (Å²) < 4.78 is 15.4. The number of benzene rings is 2. The Morgan fingerprint density at radius 2 is 1.25 bits per heavy atom. The van der Waals surface area contributed by atoms with Crippen molar-refractivity contribution in [2.24, 2.45) is 16.1 Å². The number of Topliss-reactive ketones (excluding diaryl/α,β-unsaturated/α-hetero) is 2. The van der Waals surface area contributed by atoms with E-state index in [0.29, 0.717) is 32.5 Å². The number of ether oxygens (including phenoxy) is 3. The third-order valence-electron chi connectivity index (χ3n) is 7.04. The van der Waals surface area contributed by atoms with Gasteiger partial charge >= 0.3 is 18.2 Å². The minimum Gasteiger partial charge on any atom is -0.465 e. The molecule has 2 heterocycles. The van der Waals surface area contributed by atoms with Crippen molar-refractivity contribution in [3.05, 3.63) is 71.8 Å². The maximum Gasteiger partial charge on any atom is 0.410 e. The Morgan fingerprint density at radius 1 is 0.750 bits per heavy atom. The molecule has 0 spiro atoms. The van der Waals surface area contributed by atoms with E-state index in [1.165, 1.54) is 4.90 Å². The Labute approximate surface area is 279 Å². The third-order valence-corrected chi connectivity index (χ3v) is 7.04. The first-order valence-electron chi connectivity index (χ1n) is 15.7. The Balaban J connectivity index is 0.000000280. The molecule has 2 aliphatic rings. The average molecular weight is 667 g/mol. The predicted molar refractivity (Wildman–Crippen MR) is 171 cm³/mol. The quantitative estimate of drug-likeness (QED) is 0.126. The molecular formula is C34H42N4O10. The van der Waals surface area contributed by atoms with E-state index in [1.54, 1.807) is 18.7 Å². The first-order valence-corrected chi connectivity index (χ1v) is 15.7. The topological polar surface area (TPSA) is 178 Å². The molecular weight excluding hydrogens is 624 g/mol. The number of carbonyl (C=O) groups excluding carboxylic acids is 7. The maximum atomic E-state index is 12.1. The largest absolute Gasteiger partial charge is 0.465 e. The summed E-state index contributed by atoms with van der Waals surface area (Å²) in [6.45, 7) is 5.59. The van der Waals surface area contributed by atoms with Crippen molar-refractivity contribution >= 4 is 42.0 Å². The molecule has 2 saturated heterocycles. The van der Waals surface area contributed by atoms with Gasteiger partial charge in [-0.3, -0.25) is 24.0 Å². The van der Waals surface area contributed by atoms with Gasteiger partial charge < -0.3 is 24.0 Å². The predicted octanol–water partition coefficient (Wildman–Crippen LogP) is 4.69. The number of hydrogen-bond acceptors (Lipinski definition) is 10. The molecule has 2 aliphatic heterocycles. The van der Waals surface area contributed by atoms with Crippen molar-refractivity contribution in [1.82, 2.24) is 9.80 Å². The molecule has 0 aliphatic carbocycles. The highest BCUT2D eigenvalue weighted by Crippen LogP contribution is 2.17. The van der Waals surface area contributed by atoms with Crippen LogP contribution in [0, 0.1) is 5.92 Å². The fraction of sp³-hybridized carbons (Fsp3) is 0.441. The summed E-state index contributed by atoms with van der Waals surface area (Å²) in [7, 11) is 0. The molecule has 0 radical (unpaired) electrons. The van der Waals surface area contributed by atoms with Crippen LogP contribution in [0.15, 0.2) is 70.9 Å². The van der Waals surface area contributed by atoms with Crippen molar-refractivity contribution in [2.45, 2.75) is 59.2 Å². The molecule has 0 aromatic heterocycles. The first-order chi connectivity index (χ1) is 23.2. The zero-order chi connectivity index (χ0) is 35.1. The minimum absolute atomic E-state index is 0.143. The van der Waals surface area contributed by atoms with Crippen molar-refractivity contribution < 1.29 is 47.8 Å². The fourth-order valence-corrected chi connectivity index (χ4v) is 4.37. The van der Waals surface area contributed by atoms with Gasteiger partial charge in [0.1, 0.15) is 30.7 Å². The van der Waals surface area contributed by atoms with E-state index >= 15 is 0 Å². The van der Waals surface area contributed by atoms with Crippen molar-refractivity contribution in [3.63, 3.8) is 0 Å². The van der Waals surface area contributed by atoms with Gasteiger partial charge in [-0.15, -0.1) is 10.2 Å². The summed E-state index contributed by atoms with van der Waals surface area (Å²) in [6.07, 6.45) is 1.03. The summed E-state index contributed by atoms with van der Waals surface area (Å²) >= 11 is 0. The smallest absolute Gasteiger partial charge is 0.410 e. The van der Waals surface area contributed by atoms with Crippen molar-refractivity contribution in [2.75, 3.05) is 32.8 Å². The maximum absolute atomic E-state index is 12.1. The third kappa shape index (κ3) is 14.9. The van der Waals surface area contributed by atoms with Gasteiger partial charge in [-0.2, -0.15) is 0 Å². The molecule has 2 fully saturated rings. The van der Waals surface area contributed by atoms with Gasteiger partial charge in [0.15, 0.2) is 0 Å². The molecule has 2 aromatic carbocycles. The van der Waals surface area contributed by atoms with E-state index in [2.05, 4.69) is 10.2 Å². The van der Waals surface area contributed by atoms with Crippen LogP contribution in [0.1, 0.15) is 57.1 Å². The SMILES string of the molecule is CCC(=O)N=NC=O.CCOC(=O)C1CCN(C(=O)OCc2ccccc2)CCC1=O.O=C1CCN(C(=O)OCc2ccccc2)CC1. The molecule has 2 aromatic rings. The summed E-state index contributed by atoms with van der Waals surface area (Å²) in [5.41, 5.74) is 1.87. The van der Waals surface area contributed by atoms with Crippen LogP contribution in [0.3, 0.4) is 0 Å². The van der Waals surface area contributed by atoms with E-state index in [9.17, 15) is 33.6 Å². The van der Waals surface area contributed by atoms with Gasteiger partial charge in [-0.25, -0.2) is 9.59 Å². The molecule has 14 heteroatoms. The second kappa shape index (κ2) is 22.3. The second-order valence-electron chi connectivity index (χ2n) is 10.5. The van der Waals surface area contributed by atoms with E-state index in [-0.39, 0.29) is 75.6 Å². The molecule has 4 rings (SSSR count). The number of azo groups is 1. The summed E-state index contributed by atoms with van der Waals surface area (Å²) in [4.78, 5) is 81.2. The molecule has 1 atom stereocenters. The van der Waals surface area contributed by atoms with E-state index < -0.39 is 18.0 Å². The lowest BCUT2D eigenvalue weighted by Gasteiger charge is -2.25. The number of piperidine rings is 1. The molecule has 4 amide bonds. The van der Waals surface area contributed by atoms with Crippen LogP contribution >= 0.6 is 0 Å². The van der Waals surface area contributed by atoms with E-state index in [1.807, 2.05) is 60.7 Å². The monoisotopic (exact) mass is 666 g/mol. The average Bonchev–Trinajstić information content (AvgIpc) is 3.31. The zero-order valence-corrected chi connectivity index (χ0v) is 27.3. The summed E-state index contributed by atoms with van der Waals surface area (Å²) in [5, 5.41) is 5.82. The summed E-state index contributed by atoms with van der Waals surface area (Å²) in [5.74, 6) is -1.62. The number of rotatable bonds is 8. The molecule has 0 N–H and O–H groups in total. The van der Waals surface area contributed by atoms with Crippen LogP contribution < -0.4 is 0 Å². The Hall–Kier alpha value is -5.27. The molecule has 48 heavy (non-hydrogen) atoms. The number of amides is 4. The number of ketones is 2. The highest BCUT2D eigenvalue weighted by Gasteiger charge is 2.32. The lowest BCUT2D eigenvalue weighted by atomic mass is 10.00. The van der Waals surface area contributed by atoms with Crippen molar-refractivity contribution in [1.29, 1.82) is 0 Å². The number of carbonyl (C=O) groups is 7. The Kier molecular flexibility index (Phi) is 18.1. The molecule has 258 valence electrons. The molecule has 1 unspecified atom stereocenters. The van der Waals surface area contributed by atoms with E-state index in [0.717, 1.165) is 11.1 Å². The number of hydrogen-bond donors (Lipinski definition) is 0. The Morgan fingerprint density at radius 3 is 1.73 bits per heavy atom. The van der Waals surface area contributed by atoms with E-state index in [4.69, 9.17) is 14.2 Å². The summed E-state index contributed by atoms with van der Waals surface area (Å²) in [6, 6.07) is 18.9. The number of nitrogens with zero attached hydrogens (tertiary/aromatic N) is 4. The first kappa shape index (κ1) is 38.9. The van der Waals surface area contributed by atoms with Gasteiger partial charge in [-0.05, 0) is 24.5 Å². The zero-order valence-electron chi connectivity index (χ0n) is 27.3. The van der Waals surface area contributed by atoms with Gasteiger partial charge in [-0.1, -0.05) is 67.6 Å². The lowest BCUT2D eigenvalue weighted by molar-refractivity contribution is -0.151. The fourth-order valence-electron chi connectivity index (χ4n) is 4.37. The molecule has 0 saturated carbocycles. The molecule has 14 nitrogen and oxygen atoms in total. The van der Waals surface area contributed by atoms with Crippen LogP contribution in [-0.4, -0.2) is 84.6 Å². The van der Waals surface area contributed by atoms with Crippen LogP contribution in [0.25, 0.3) is 0 Å². The van der Waals surface area contributed by atoms with Gasteiger partial charge in [0.25, 0.3) is 12.3 Å². The van der Waals surface area contributed by atoms with Crippen LogP contribution in [-0.2, 0) is 51.4 Å². The lowest BCUT2D eigenvalue weighted by Crippen LogP contribution is -2.38. The van der Waals surface area contributed by atoms with Crippen LogP contribution in [0.5, 0.6) is 0 Å². The van der Waals surface area contributed by atoms with Crippen molar-refractivity contribution in [3.8, 4) is 0 Å². The van der Waals surface area contributed by atoms with Gasteiger partial charge in [0, 0.05) is 51.9 Å². The standard InChI is InChI=1S/C17H21NO5.C13H15NO3.C4H6N2O2/c1-2-22-16(20)14-8-10-18(11-9-15(14)19)17(21)23-12-13-6-4-3-5-7-13;15-12-6-8-14(9-7-12)13(16)17-10-11-4-2-1-3-5-11;1-2-4(8)6-5-3-7/h3-7,14H,2,8-12H2,1H3;1-5H,6-10H2;3H,2H2,1H3. The number of esters is 1. The van der Waals surface area contributed by atoms with Crippen LogP contribution in [0.2, 0.25) is 0 Å².